The zero-order valence-corrected chi connectivity index (χ0v) is 25.4. The second-order valence-electron chi connectivity index (χ2n) is 12.1. The van der Waals surface area contributed by atoms with E-state index in [9.17, 15) is 9.59 Å². The molecule has 9 rings (SSSR count). The minimum atomic E-state index is -0.162. The van der Waals surface area contributed by atoms with Crippen LogP contribution in [-0.2, 0) is 5.41 Å². The number of carbonyl (C=O) groups excluding carboxylic acids is 2. The maximum absolute atomic E-state index is 13.4. The Balaban J connectivity index is 1.14. The minimum absolute atomic E-state index is 0.0118. The molecule has 2 aromatic heterocycles. The SMILES string of the molecule is CC1(C)c2cc(-n3c4ccccc4c4ccccc43)ccc2-c2cc(C=C3C(=O)c4cc5ccccc5cc4C3=O)[se]c21. The number of ketones is 2. The molecule has 3 nitrogen and oxygen atoms in total. The zero-order chi connectivity index (χ0) is 29.0. The summed E-state index contributed by atoms with van der Waals surface area (Å²) in [6.45, 7) is 4.62. The summed E-state index contributed by atoms with van der Waals surface area (Å²) in [5.41, 5.74) is 8.58. The molecule has 4 heteroatoms. The number of rotatable bonds is 2. The molecule has 5 aromatic carbocycles. The molecular formula is C39H25NO2Se. The quantitative estimate of drug-likeness (QED) is 0.110. The zero-order valence-electron chi connectivity index (χ0n) is 23.6. The average molecular weight is 619 g/mol. The van der Waals surface area contributed by atoms with Crippen molar-refractivity contribution >= 4 is 64.7 Å². The molecule has 0 fully saturated rings. The summed E-state index contributed by atoms with van der Waals surface area (Å²) >= 11 is 0.0118. The molecule has 0 unspecified atom stereocenters. The van der Waals surface area contributed by atoms with Crippen LogP contribution in [0.2, 0.25) is 0 Å². The van der Waals surface area contributed by atoms with E-state index >= 15 is 0 Å². The van der Waals surface area contributed by atoms with Crippen LogP contribution in [0.5, 0.6) is 0 Å². The van der Waals surface area contributed by atoms with E-state index in [0.29, 0.717) is 16.7 Å². The fourth-order valence-corrected chi connectivity index (χ4v) is 9.76. The molecule has 0 atom stereocenters. The predicted octanol–water partition coefficient (Wildman–Crippen LogP) is 8.76. The number of fused-ring (bicyclic) bond motifs is 8. The van der Waals surface area contributed by atoms with Gasteiger partial charge in [-0.05, 0) is 0 Å². The van der Waals surface area contributed by atoms with Crippen molar-refractivity contribution in [3.05, 3.63) is 140 Å². The molecule has 0 N–H and O–H groups in total. The Hall–Kier alpha value is -4.76. The number of carbonyl (C=O) groups is 2. The summed E-state index contributed by atoms with van der Waals surface area (Å²) < 4.78 is 4.86. The molecule has 0 radical (unpaired) electrons. The van der Waals surface area contributed by atoms with Crippen molar-refractivity contribution in [2.45, 2.75) is 19.3 Å². The van der Waals surface area contributed by atoms with Crippen LogP contribution in [0.1, 0.15) is 49.0 Å². The van der Waals surface area contributed by atoms with Gasteiger partial charge in [0, 0.05) is 0 Å². The van der Waals surface area contributed by atoms with Crippen molar-refractivity contribution < 1.29 is 9.59 Å². The number of aromatic nitrogens is 1. The number of hydrogen-bond acceptors (Lipinski definition) is 2. The van der Waals surface area contributed by atoms with Gasteiger partial charge in [-0.3, -0.25) is 0 Å². The summed E-state index contributed by atoms with van der Waals surface area (Å²) in [4.78, 5) is 26.8. The van der Waals surface area contributed by atoms with E-state index < -0.39 is 0 Å². The summed E-state index contributed by atoms with van der Waals surface area (Å²) in [5.74, 6) is -0.324. The molecule has 0 spiro atoms. The first-order chi connectivity index (χ1) is 20.9. The Labute approximate surface area is 254 Å². The molecular weight excluding hydrogens is 593 g/mol. The first-order valence-corrected chi connectivity index (χ1v) is 16.2. The van der Waals surface area contributed by atoms with Crippen molar-refractivity contribution in [2.24, 2.45) is 0 Å². The summed E-state index contributed by atoms with van der Waals surface area (Å²) in [5, 5.41) is 4.47. The second kappa shape index (κ2) is 8.64. The van der Waals surface area contributed by atoms with Crippen LogP contribution in [-0.4, -0.2) is 30.6 Å². The summed E-state index contributed by atoms with van der Waals surface area (Å²) in [6, 6.07) is 37.9. The van der Waals surface area contributed by atoms with Gasteiger partial charge < -0.3 is 0 Å². The number of allylic oxidation sites excluding steroid dienone is 1. The molecule has 0 amide bonds. The third-order valence-electron chi connectivity index (χ3n) is 9.27. The average Bonchev–Trinajstić information content (AvgIpc) is 3.72. The van der Waals surface area contributed by atoms with Crippen LogP contribution in [0.25, 0.3) is 55.5 Å². The maximum atomic E-state index is 13.4. The topological polar surface area (TPSA) is 39.1 Å². The number of hydrogen-bond donors (Lipinski definition) is 0. The van der Waals surface area contributed by atoms with Gasteiger partial charge in [-0.1, -0.05) is 0 Å². The molecule has 0 aliphatic heterocycles. The summed E-state index contributed by atoms with van der Waals surface area (Å²) in [7, 11) is 0. The van der Waals surface area contributed by atoms with E-state index in [1.54, 1.807) is 0 Å². The molecule has 204 valence electrons. The van der Waals surface area contributed by atoms with Gasteiger partial charge in [-0.25, -0.2) is 0 Å². The number of nitrogens with zero attached hydrogens (tertiary/aromatic N) is 1. The van der Waals surface area contributed by atoms with Gasteiger partial charge in [-0.2, -0.15) is 0 Å². The number of Topliss-reactive ketones (excluding diaryl/α,β-unsaturated/α-hetero) is 2. The molecule has 43 heavy (non-hydrogen) atoms. The number of para-hydroxylation sites is 2. The molecule has 7 aromatic rings. The standard InChI is InChI=1S/C39H25NO2Se/c1-39(2)33-19-24(40-34-13-7-5-11-27(34)28-12-6-8-14-35(28)40)15-16-26(33)31-20-25(43-38(31)39)21-32-36(41)29-17-22-9-3-4-10-23(22)18-30(29)37(32)42/h3-21H,1-2H3. The Morgan fingerprint density at radius 1 is 0.628 bits per heavy atom. The molecule has 0 bridgehead atoms. The van der Waals surface area contributed by atoms with Crippen molar-refractivity contribution in [3.8, 4) is 16.8 Å². The van der Waals surface area contributed by atoms with Crippen LogP contribution in [0.3, 0.4) is 0 Å². The molecule has 2 heterocycles. The van der Waals surface area contributed by atoms with Crippen LogP contribution in [0, 0.1) is 0 Å². The van der Waals surface area contributed by atoms with Crippen molar-refractivity contribution in [1.29, 1.82) is 0 Å². The Bertz CT molecular complexity index is 2310. The normalized spacial score (nSPS) is 15.0. The van der Waals surface area contributed by atoms with Crippen LogP contribution >= 0.6 is 0 Å². The fourth-order valence-electron chi connectivity index (χ4n) is 7.17. The Kier molecular flexibility index (Phi) is 4.98. The van der Waals surface area contributed by atoms with Gasteiger partial charge in [0.1, 0.15) is 0 Å². The third kappa shape index (κ3) is 3.36. The van der Waals surface area contributed by atoms with E-state index in [1.165, 1.54) is 42.9 Å². The molecule has 0 saturated carbocycles. The van der Waals surface area contributed by atoms with Gasteiger partial charge in [0.05, 0.1) is 0 Å². The Morgan fingerprint density at radius 2 is 1.21 bits per heavy atom. The van der Waals surface area contributed by atoms with E-state index in [-0.39, 0.29) is 31.5 Å². The monoisotopic (exact) mass is 619 g/mol. The third-order valence-corrected chi connectivity index (χ3v) is 12.2. The first-order valence-electron chi connectivity index (χ1n) is 14.5. The van der Waals surface area contributed by atoms with Crippen molar-refractivity contribution in [1.82, 2.24) is 4.57 Å². The van der Waals surface area contributed by atoms with Gasteiger partial charge in [0.25, 0.3) is 0 Å². The van der Waals surface area contributed by atoms with Gasteiger partial charge in [0.15, 0.2) is 0 Å². The van der Waals surface area contributed by atoms with Crippen molar-refractivity contribution in [2.75, 3.05) is 0 Å². The van der Waals surface area contributed by atoms with Gasteiger partial charge in [0.2, 0.25) is 0 Å². The summed E-state index contributed by atoms with van der Waals surface area (Å²) in [6.07, 6.45) is 1.87. The van der Waals surface area contributed by atoms with E-state index in [2.05, 4.69) is 91.2 Å². The van der Waals surface area contributed by atoms with E-state index in [4.69, 9.17) is 0 Å². The number of benzene rings is 5. The van der Waals surface area contributed by atoms with Gasteiger partial charge in [-0.15, -0.1) is 0 Å². The van der Waals surface area contributed by atoms with E-state index in [1.807, 2.05) is 42.5 Å². The fraction of sp³-hybridized carbons (Fsp3) is 0.0769. The first kappa shape index (κ1) is 24.8. The van der Waals surface area contributed by atoms with Gasteiger partial charge >= 0.3 is 255 Å². The molecule has 2 aliphatic rings. The van der Waals surface area contributed by atoms with Crippen LogP contribution in [0.15, 0.2) is 115 Å². The second-order valence-corrected chi connectivity index (χ2v) is 14.4. The van der Waals surface area contributed by atoms with Crippen LogP contribution < -0.4 is 0 Å². The molecule has 0 saturated heterocycles. The predicted molar refractivity (Wildman–Crippen MR) is 176 cm³/mol. The van der Waals surface area contributed by atoms with Crippen LogP contribution in [0.4, 0.5) is 0 Å². The Morgan fingerprint density at radius 3 is 1.84 bits per heavy atom. The van der Waals surface area contributed by atoms with Crippen molar-refractivity contribution in [3.63, 3.8) is 0 Å². The van der Waals surface area contributed by atoms with E-state index in [0.717, 1.165) is 20.9 Å². The molecule has 2 aliphatic carbocycles.